The number of carbonyl (C=O) groups excluding carboxylic acids is 1. The van der Waals surface area contributed by atoms with Crippen LogP contribution in [0.15, 0.2) is 6.20 Å². The third-order valence-corrected chi connectivity index (χ3v) is 4.29. The third kappa shape index (κ3) is 2.66. The summed E-state index contributed by atoms with van der Waals surface area (Å²) in [5, 5.41) is 7.39. The summed E-state index contributed by atoms with van der Waals surface area (Å²) in [6, 6.07) is 0. The van der Waals surface area contributed by atoms with Crippen LogP contribution in [0.2, 0.25) is 0 Å². The molecule has 17 heavy (non-hydrogen) atoms. The van der Waals surface area contributed by atoms with E-state index in [-0.39, 0.29) is 11.4 Å². The second-order valence-corrected chi connectivity index (χ2v) is 5.81. The van der Waals surface area contributed by atoms with Crippen molar-refractivity contribution in [3.05, 3.63) is 16.1 Å². The Labute approximate surface area is 106 Å². The van der Waals surface area contributed by atoms with Crippen molar-refractivity contribution in [2.24, 2.45) is 0 Å². The molecule has 0 spiro atoms. The zero-order valence-corrected chi connectivity index (χ0v) is 11.2. The standard InChI is InChI=1S/C12H19N3OS/c1-3-12(5-4-6-15-12)11(16)14-8-10-7-13-9(2)17-10/h7,15H,3-6,8H2,1-2H3,(H,14,16). The minimum absolute atomic E-state index is 0.128. The summed E-state index contributed by atoms with van der Waals surface area (Å²) in [6.07, 6.45) is 4.71. The van der Waals surface area contributed by atoms with E-state index < -0.39 is 0 Å². The van der Waals surface area contributed by atoms with Crippen LogP contribution in [0.5, 0.6) is 0 Å². The summed E-state index contributed by atoms with van der Waals surface area (Å²) in [5.41, 5.74) is -0.334. The molecule has 1 aliphatic rings. The number of aryl methyl sites for hydroxylation is 1. The molecule has 0 bridgehead atoms. The molecule has 0 aliphatic carbocycles. The summed E-state index contributed by atoms with van der Waals surface area (Å²) >= 11 is 1.63. The first kappa shape index (κ1) is 12.5. The van der Waals surface area contributed by atoms with Crippen molar-refractivity contribution in [2.75, 3.05) is 6.54 Å². The molecule has 2 N–H and O–H groups in total. The molecule has 0 aromatic carbocycles. The van der Waals surface area contributed by atoms with E-state index in [4.69, 9.17) is 0 Å². The number of nitrogens with one attached hydrogen (secondary N) is 2. The number of rotatable bonds is 4. The lowest BCUT2D eigenvalue weighted by atomic mass is 9.93. The van der Waals surface area contributed by atoms with Crippen molar-refractivity contribution in [1.82, 2.24) is 15.6 Å². The average molecular weight is 253 g/mol. The Kier molecular flexibility index (Phi) is 3.79. The van der Waals surface area contributed by atoms with Crippen LogP contribution in [0.25, 0.3) is 0 Å². The van der Waals surface area contributed by atoms with Gasteiger partial charge in [0, 0.05) is 11.1 Å². The molecular weight excluding hydrogens is 234 g/mol. The molecule has 1 aliphatic heterocycles. The summed E-state index contributed by atoms with van der Waals surface area (Å²) < 4.78 is 0. The van der Waals surface area contributed by atoms with E-state index in [0.29, 0.717) is 6.54 Å². The number of aromatic nitrogens is 1. The first-order valence-electron chi connectivity index (χ1n) is 6.11. The van der Waals surface area contributed by atoms with Crippen LogP contribution in [0.3, 0.4) is 0 Å². The maximum Gasteiger partial charge on any atom is 0.240 e. The lowest BCUT2D eigenvalue weighted by Gasteiger charge is -2.26. The van der Waals surface area contributed by atoms with Crippen LogP contribution in [-0.2, 0) is 11.3 Å². The molecule has 1 saturated heterocycles. The van der Waals surface area contributed by atoms with Crippen molar-refractivity contribution in [3.8, 4) is 0 Å². The molecule has 1 aromatic heterocycles. The molecule has 5 heteroatoms. The first-order chi connectivity index (χ1) is 8.16. The minimum Gasteiger partial charge on any atom is -0.350 e. The van der Waals surface area contributed by atoms with Gasteiger partial charge in [0.2, 0.25) is 5.91 Å². The van der Waals surface area contributed by atoms with Gasteiger partial charge in [0.15, 0.2) is 0 Å². The minimum atomic E-state index is -0.334. The summed E-state index contributed by atoms with van der Waals surface area (Å²) in [6.45, 7) is 5.57. The number of hydrogen-bond donors (Lipinski definition) is 2. The summed E-state index contributed by atoms with van der Waals surface area (Å²) in [5.74, 6) is 0.128. The second-order valence-electron chi connectivity index (χ2n) is 4.49. The molecule has 2 rings (SSSR count). The van der Waals surface area contributed by atoms with Crippen LogP contribution in [0.4, 0.5) is 0 Å². The van der Waals surface area contributed by atoms with Crippen molar-refractivity contribution in [2.45, 2.75) is 45.2 Å². The maximum absolute atomic E-state index is 12.2. The molecule has 1 fully saturated rings. The van der Waals surface area contributed by atoms with E-state index in [1.54, 1.807) is 11.3 Å². The largest absolute Gasteiger partial charge is 0.350 e. The molecular formula is C12H19N3OS. The van der Waals surface area contributed by atoms with Gasteiger partial charge < -0.3 is 10.6 Å². The Bertz CT molecular complexity index is 396. The Balaban J connectivity index is 1.92. The van der Waals surface area contributed by atoms with Gasteiger partial charge in [0.05, 0.1) is 17.1 Å². The van der Waals surface area contributed by atoms with Crippen molar-refractivity contribution < 1.29 is 4.79 Å². The van der Waals surface area contributed by atoms with Gasteiger partial charge in [-0.05, 0) is 32.7 Å². The summed E-state index contributed by atoms with van der Waals surface area (Å²) in [7, 11) is 0. The van der Waals surface area contributed by atoms with Gasteiger partial charge in [-0.2, -0.15) is 0 Å². The van der Waals surface area contributed by atoms with Crippen molar-refractivity contribution in [3.63, 3.8) is 0 Å². The molecule has 1 aromatic rings. The van der Waals surface area contributed by atoms with E-state index in [1.807, 2.05) is 13.1 Å². The highest BCUT2D eigenvalue weighted by Crippen LogP contribution is 2.23. The van der Waals surface area contributed by atoms with Crippen LogP contribution in [0, 0.1) is 6.92 Å². The zero-order chi connectivity index (χ0) is 12.3. The SMILES string of the molecule is CCC1(C(=O)NCc2cnc(C)s2)CCCN1. The van der Waals surface area contributed by atoms with Crippen LogP contribution in [-0.4, -0.2) is 23.0 Å². The number of amides is 1. The number of thiazole rings is 1. The van der Waals surface area contributed by atoms with E-state index in [0.717, 1.165) is 35.7 Å². The quantitative estimate of drug-likeness (QED) is 0.857. The van der Waals surface area contributed by atoms with Gasteiger partial charge >= 0.3 is 0 Å². The Morgan fingerprint density at radius 2 is 2.53 bits per heavy atom. The van der Waals surface area contributed by atoms with Crippen LogP contribution >= 0.6 is 11.3 Å². The smallest absolute Gasteiger partial charge is 0.240 e. The van der Waals surface area contributed by atoms with Crippen molar-refractivity contribution in [1.29, 1.82) is 0 Å². The molecule has 1 amide bonds. The Hall–Kier alpha value is -0.940. The molecule has 4 nitrogen and oxygen atoms in total. The lowest BCUT2D eigenvalue weighted by molar-refractivity contribution is -0.127. The van der Waals surface area contributed by atoms with Crippen molar-refractivity contribution >= 4 is 17.2 Å². The normalized spacial score (nSPS) is 23.9. The molecule has 0 radical (unpaired) electrons. The third-order valence-electron chi connectivity index (χ3n) is 3.37. The zero-order valence-electron chi connectivity index (χ0n) is 10.4. The van der Waals surface area contributed by atoms with Gasteiger partial charge in [0.25, 0.3) is 0 Å². The molecule has 1 unspecified atom stereocenters. The Morgan fingerprint density at radius 3 is 3.06 bits per heavy atom. The van der Waals surface area contributed by atoms with Gasteiger partial charge in [-0.1, -0.05) is 6.92 Å². The van der Waals surface area contributed by atoms with Gasteiger partial charge in [-0.3, -0.25) is 4.79 Å². The second kappa shape index (κ2) is 5.14. The van der Waals surface area contributed by atoms with Crippen LogP contribution < -0.4 is 10.6 Å². The number of nitrogens with zero attached hydrogens (tertiary/aromatic N) is 1. The van der Waals surface area contributed by atoms with E-state index in [2.05, 4.69) is 22.5 Å². The van der Waals surface area contributed by atoms with E-state index >= 15 is 0 Å². The fraction of sp³-hybridized carbons (Fsp3) is 0.667. The Morgan fingerprint density at radius 1 is 1.71 bits per heavy atom. The number of hydrogen-bond acceptors (Lipinski definition) is 4. The molecule has 94 valence electrons. The molecule has 1 atom stereocenters. The summed E-state index contributed by atoms with van der Waals surface area (Å²) in [4.78, 5) is 17.5. The van der Waals surface area contributed by atoms with Gasteiger partial charge in [-0.15, -0.1) is 11.3 Å². The fourth-order valence-corrected chi connectivity index (χ4v) is 3.02. The van der Waals surface area contributed by atoms with Crippen LogP contribution in [0.1, 0.15) is 36.1 Å². The highest BCUT2D eigenvalue weighted by atomic mass is 32.1. The monoisotopic (exact) mass is 253 g/mol. The molecule has 2 heterocycles. The maximum atomic E-state index is 12.2. The highest BCUT2D eigenvalue weighted by Gasteiger charge is 2.38. The van der Waals surface area contributed by atoms with Gasteiger partial charge in [0.1, 0.15) is 0 Å². The number of carbonyl (C=O) groups is 1. The average Bonchev–Trinajstić information content (AvgIpc) is 2.95. The van der Waals surface area contributed by atoms with Gasteiger partial charge in [-0.25, -0.2) is 4.98 Å². The lowest BCUT2D eigenvalue weighted by Crippen LogP contribution is -2.52. The predicted octanol–water partition coefficient (Wildman–Crippen LogP) is 1.60. The fourth-order valence-electron chi connectivity index (χ4n) is 2.29. The first-order valence-corrected chi connectivity index (χ1v) is 6.92. The molecule has 0 saturated carbocycles. The van der Waals surface area contributed by atoms with E-state index in [1.165, 1.54) is 0 Å². The topological polar surface area (TPSA) is 54.0 Å². The highest BCUT2D eigenvalue weighted by molar-refractivity contribution is 7.11. The van der Waals surface area contributed by atoms with E-state index in [9.17, 15) is 4.79 Å². The predicted molar refractivity (Wildman–Crippen MR) is 69.0 cm³/mol.